The van der Waals surface area contributed by atoms with Gasteiger partial charge in [0.15, 0.2) is 12.1 Å². The van der Waals surface area contributed by atoms with Gasteiger partial charge in [0.1, 0.15) is 4.75 Å². The number of ether oxygens (including phenoxy) is 1. The third kappa shape index (κ3) is 2.31. The summed E-state index contributed by atoms with van der Waals surface area (Å²) >= 11 is -1.53. The van der Waals surface area contributed by atoms with Crippen LogP contribution in [0.15, 0.2) is 0 Å². The molecule has 0 aromatic carbocycles. The Balaban J connectivity index is 2.82. The highest BCUT2D eigenvalue weighted by atomic mass is 32.2. The summed E-state index contributed by atoms with van der Waals surface area (Å²) in [6.07, 6.45) is 0. The average Bonchev–Trinajstić information content (AvgIpc) is 2.88. The van der Waals surface area contributed by atoms with E-state index in [-0.39, 0.29) is 0 Å². The number of carbonyl (C=O) groups excluding carboxylic acids is 1. The van der Waals surface area contributed by atoms with Crippen molar-refractivity contribution in [2.75, 3.05) is 7.11 Å². The van der Waals surface area contributed by atoms with Crippen LogP contribution in [0, 0.1) is 0 Å². The average molecular weight is 249 g/mol. The van der Waals surface area contributed by atoms with E-state index in [4.69, 9.17) is 5.11 Å². The van der Waals surface area contributed by atoms with Gasteiger partial charge >= 0.3 is 11.9 Å². The van der Waals surface area contributed by atoms with Gasteiger partial charge in [0, 0.05) is 11.4 Å². The second-order valence-electron chi connectivity index (χ2n) is 4.47. The summed E-state index contributed by atoms with van der Waals surface area (Å²) in [5.41, 5.74) is 0. The maximum Gasteiger partial charge on any atom is 0.330 e. The molecule has 0 saturated carbocycles. The zero-order valence-electron chi connectivity index (χ0n) is 9.59. The molecule has 0 aliphatic carbocycles. The summed E-state index contributed by atoms with van der Waals surface area (Å²) in [5.74, 6) is -1.82. The first-order valence-electron chi connectivity index (χ1n) is 4.72. The van der Waals surface area contributed by atoms with Crippen molar-refractivity contribution in [3.05, 3.63) is 0 Å². The number of methoxy groups -OCH3 is 1. The first kappa shape index (κ1) is 13.3. The molecule has 0 amide bonds. The molecule has 1 aliphatic rings. The summed E-state index contributed by atoms with van der Waals surface area (Å²) in [6, 6.07) is -1.96. The Labute approximate surface area is 96.9 Å². The summed E-state index contributed by atoms with van der Waals surface area (Å²) in [4.78, 5) is 22.1. The van der Waals surface area contributed by atoms with E-state index in [0.29, 0.717) is 0 Å². The molecule has 92 valence electrons. The van der Waals surface area contributed by atoms with E-state index in [0.717, 1.165) is 4.31 Å². The van der Waals surface area contributed by atoms with Crippen LogP contribution in [0.4, 0.5) is 0 Å². The lowest BCUT2D eigenvalue weighted by Crippen LogP contribution is -2.36. The highest BCUT2D eigenvalue weighted by Gasteiger charge is 2.67. The van der Waals surface area contributed by atoms with Crippen molar-refractivity contribution < 1.29 is 24.0 Å². The fraction of sp³-hybridized carbons (Fsp3) is 0.778. The molecule has 6 nitrogen and oxygen atoms in total. The Morgan fingerprint density at radius 2 is 1.88 bits per heavy atom. The lowest BCUT2D eigenvalue weighted by atomic mass is 10.3. The molecule has 16 heavy (non-hydrogen) atoms. The molecule has 1 fully saturated rings. The molecule has 0 spiro atoms. The van der Waals surface area contributed by atoms with Crippen molar-refractivity contribution in [3.8, 4) is 0 Å². The van der Waals surface area contributed by atoms with Gasteiger partial charge in [-0.15, -0.1) is 0 Å². The fourth-order valence-electron chi connectivity index (χ4n) is 1.33. The molecule has 1 rings (SSSR count). The Morgan fingerprint density at radius 3 is 2.19 bits per heavy atom. The van der Waals surface area contributed by atoms with Gasteiger partial charge in [0.05, 0.1) is 7.11 Å². The second-order valence-corrected chi connectivity index (χ2v) is 6.62. The number of carboxylic acids is 1. The van der Waals surface area contributed by atoms with Gasteiger partial charge in [-0.3, -0.25) is 9.59 Å². The number of hydrogen-bond acceptors (Lipinski definition) is 5. The quantitative estimate of drug-likeness (QED) is 0.422. The maximum atomic E-state index is 11.9. The van der Waals surface area contributed by atoms with E-state index in [1.165, 1.54) is 7.11 Å². The summed E-state index contributed by atoms with van der Waals surface area (Å²) in [7, 11) is 1.18. The van der Waals surface area contributed by atoms with Crippen molar-refractivity contribution in [1.82, 2.24) is 4.31 Å². The first-order valence-corrected chi connectivity index (χ1v) is 5.83. The maximum absolute atomic E-state index is 11.9. The molecule has 1 heterocycles. The van der Waals surface area contributed by atoms with Gasteiger partial charge < -0.3 is 14.4 Å². The fourth-order valence-corrected chi connectivity index (χ4v) is 2.73. The molecule has 0 aromatic rings. The Bertz CT molecular complexity index is 314. The van der Waals surface area contributed by atoms with E-state index in [2.05, 4.69) is 4.74 Å². The molecule has 0 aromatic heterocycles. The first-order chi connectivity index (χ1) is 7.21. The van der Waals surface area contributed by atoms with Crippen LogP contribution < -0.4 is 0 Å². The van der Waals surface area contributed by atoms with Crippen molar-refractivity contribution >= 4 is 23.3 Å². The zero-order chi connectivity index (χ0) is 12.7. The standard InChI is InChI=1S/C9H15NO5S/c1-9(2,3)16(14)10-5(7(11)12)6(10)8(13)15-4/h5-6H,1-4H3,(H,11,12)/t5-,6+,10?,16?/m1/s1. The van der Waals surface area contributed by atoms with Gasteiger partial charge in [0.2, 0.25) is 0 Å². The third-order valence-corrected chi connectivity index (χ3v) is 4.05. The highest BCUT2D eigenvalue weighted by molar-refractivity contribution is 7.90. The Kier molecular flexibility index (Phi) is 3.51. The lowest BCUT2D eigenvalue weighted by molar-refractivity contribution is -0.143. The van der Waals surface area contributed by atoms with Crippen molar-refractivity contribution in [1.29, 1.82) is 0 Å². The van der Waals surface area contributed by atoms with Crippen LogP contribution in [-0.4, -0.2) is 49.8 Å². The predicted molar refractivity (Wildman–Crippen MR) is 57.0 cm³/mol. The van der Waals surface area contributed by atoms with Crippen LogP contribution in [0.3, 0.4) is 0 Å². The molecule has 1 saturated heterocycles. The van der Waals surface area contributed by atoms with Crippen molar-refractivity contribution in [3.63, 3.8) is 0 Å². The van der Waals surface area contributed by atoms with Gasteiger partial charge in [-0.2, -0.15) is 0 Å². The van der Waals surface area contributed by atoms with Crippen LogP contribution >= 0.6 is 0 Å². The monoisotopic (exact) mass is 249 g/mol. The number of rotatable bonds is 3. The van der Waals surface area contributed by atoms with E-state index < -0.39 is 40.1 Å². The number of hydrogen-bond donors (Lipinski definition) is 1. The van der Waals surface area contributed by atoms with Crippen LogP contribution in [0.2, 0.25) is 0 Å². The highest BCUT2D eigenvalue weighted by Crippen LogP contribution is 2.38. The van der Waals surface area contributed by atoms with E-state index in [9.17, 15) is 14.1 Å². The molecule has 2 unspecified atom stereocenters. The van der Waals surface area contributed by atoms with Gasteiger partial charge in [-0.25, -0.2) is 0 Å². The zero-order valence-corrected chi connectivity index (χ0v) is 10.4. The van der Waals surface area contributed by atoms with Gasteiger partial charge in [0.25, 0.3) is 0 Å². The second kappa shape index (κ2) is 4.23. The predicted octanol–water partition coefficient (Wildman–Crippen LogP) is -0.241. The van der Waals surface area contributed by atoms with E-state index in [1.807, 2.05) is 0 Å². The van der Waals surface area contributed by atoms with Crippen LogP contribution in [-0.2, 0) is 25.7 Å². The number of aliphatic carboxylic acids is 1. The lowest BCUT2D eigenvalue weighted by Gasteiger charge is -2.24. The van der Waals surface area contributed by atoms with Crippen molar-refractivity contribution in [2.24, 2.45) is 0 Å². The summed E-state index contributed by atoms with van der Waals surface area (Å²) in [5, 5.41) is 8.87. The molecule has 7 heteroatoms. The topological polar surface area (TPSA) is 89.7 Å². The summed E-state index contributed by atoms with van der Waals surface area (Å²) in [6.45, 7) is 5.15. The third-order valence-electron chi connectivity index (χ3n) is 2.17. The smallest absolute Gasteiger partial charge is 0.330 e. The molecular formula is C9H15NO5S. The Morgan fingerprint density at radius 1 is 1.38 bits per heavy atom. The number of nitrogens with zero attached hydrogens (tertiary/aromatic N) is 1. The number of esters is 1. The molecule has 0 radical (unpaired) electrons. The molecule has 1 aliphatic heterocycles. The van der Waals surface area contributed by atoms with Crippen LogP contribution in [0.5, 0.6) is 0 Å². The van der Waals surface area contributed by atoms with Crippen LogP contribution in [0.1, 0.15) is 20.8 Å². The largest absolute Gasteiger partial charge is 0.597 e. The van der Waals surface area contributed by atoms with E-state index in [1.54, 1.807) is 20.8 Å². The summed E-state index contributed by atoms with van der Waals surface area (Å²) < 4.78 is 17.0. The SMILES string of the molecule is COC(=O)[C@@H]1[C@H](C(=O)O)N1[S+]([O-])C(C)(C)C. The normalized spacial score (nSPS) is 30.7. The van der Waals surface area contributed by atoms with E-state index >= 15 is 0 Å². The number of carboxylic acid groups (broad SMARTS) is 1. The molecule has 4 atom stereocenters. The minimum absolute atomic E-state index is 0.601. The molecular weight excluding hydrogens is 234 g/mol. The van der Waals surface area contributed by atoms with Gasteiger partial charge in [-0.1, -0.05) is 4.31 Å². The van der Waals surface area contributed by atoms with Crippen LogP contribution in [0.25, 0.3) is 0 Å². The molecule has 0 bridgehead atoms. The Hall–Kier alpha value is -0.790. The minimum atomic E-state index is -1.53. The van der Waals surface area contributed by atoms with Gasteiger partial charge in [-0.05, 0) is 20.8 Å². The number of carbonyl (C=O) groups is 2. The molecule has 1 N–H and O–H groups in total. The van der Waals surface area contributed by atoms with Crippen molar-refractivity contribution in [2.45, 2.75) is 37.6 Å². The minimum Gasteiger partial charge on any atom is -0.597 e.